The summed E-state index contributed by atoms with van der Waals surface area (Å²) in [7, 11) is 0. The van der Waals surface area contributed by atoms with Crippen LogP contribution in [0, 0.1) is 46.3 Å². The molecule has 0 radical (unpaired) electrons. The van der Waals surface area contributed by atoms with Crippen molar-refractivity contribution in [2.24, 2.45) is 23.7 Å². The van der Waals surface area contributed by atoms with Gasteiger partial charge in [-0.2, -0.15) is 10.5 Å². The molecular weight excluding hydrogens is 208 g/mol. The van der Waals surface area contributed by atoms with Gasteiger partial charge in [-0.15, -0.1) is 0 Å². The number of nitrogens with zero attached hydrogens (tertiary/aromatic N) is 2. The van der Waals surface area contributed by atoms with Gasteiger partial charge in [-0.05, 0) is 30.2 Å². The second kappa shape index (κ2) is 3.90. The van der Waals surface area contributed by atoms with Gasteiger partial charge < -0.3 is 0 Å². The van der Waals surface area contributed by atoms with E-state index in [0.717, 1.165) is 12.8 Å². The smallest absolute Gasteiger partial charge is 0.0665 e. The first-order chi connectivity index (χ1) is 8.35. The fourth-order valence-corrected chi connectivity index (χ4v) is 3.82. The third-order valence-corrected chi connectivity index (χ3v) is 4.50. The molecule has 2 bridgehead atoms. The number of hydrogen-bond donors (Lipinski definition) is 0. The average Bonchev–Trinajstić information content (AvgIpc) is 2.96. The van der Waals surface area contributed by atoms with Crippen LogP contribution in [0.3, 0.4) is 0 Å². The summed E-state index contributed by atoms with van der Waals surface area (Å²) in [6.07, 6.45) is 2.00. The van der Waals surface area contributed by atoms with Crippen LogP contribution in [0.5, 0.6) is 0 Å². The van der Waals surface area contributed by atoms with Crippen molar-refractivity contribution in [1.29, 1.82) is 10.5 Å². The van der Waals surface area contributed by atoms with Gasteiger partial charge in [0.2, 0.25) is 0 Å². The summed E-state index contributed by atoms with van der Waals surface area (Å²) in [5.41, 5.74) is 1.24. The van der Waals surface area contributed by atoms with Crippen molar-refractivity contribution in [1.82, 2.24) is 0 Å². The molecule has 0 aliphatic heterocycles. The molecule has 2 heteroatoms. The standard InChI is InChI=1S/C15H14N2/c16-8-12-6-11-7-13(12)15(14(11)9-17)10-4-2-1-3-5-10/h1-5,11-15H,6-7H2. The second-order valence-electron chi connectivity index (χ2n) is 5.22. The van der Waals surface area contributed by atoms with Crippen molar-refractivity contribution < 1.29 is 0 Å². The third kappa shape index (κ3) is 1.45. The molecule has 3 rings (SSSR count). The summed E-state index contributed by atoms with van der Waals surface area (Å²) in [5, 5.41) is 18.5. The van der Waals surface area contributed by atoms with E-state index in [1.54, 1.807) is 0 Å². The van der Waals surface area contributed by atoms with Crippen molar-refractivity contribution >= 4 is 0 Å². The molecule has 2 saturated carbocycles. The minimum atomic E-state index is 0.118. The highest BCUT2D eigenvalue weighted by Crippen LogP contribution is 2.58. The van der Waals surface area contributed by atoms with Gasteiger partial charge in [0, 0.05) is 5.92 Å². The van der Waals surface area contributed by atoms with Crippen molar-refractivity contribution in [3.8, 4) is 12.1 Å². The lowest BCUT2D eigenvalue weighted by molar-refractivity contribution is 0.300. The van der Waals surface area contributed by atoms with E-state index in [9.17, 15) is 10.5 Å². The molecule has 0 aromatic heterocycles. The number of nitriles is 2. The first-order valence-electron chi connectivity index (χ1n) is 6.19. The van der Waals surface area contributed by atoms with Crippen LogP contribution in [0.25, 0.3) is 0 Å². The summed E-state index contributed by atoms with van der Waals surface area (Å²) < 4.78 is 0. The molecule has 0 amide bonds. The molecule has 5 unspecified atom stereocenters. The van der Waals surface area contributed by atoms with Gasteiger partial charge in [0.15, 0.2) is 0 Å². The van der Waals surface area contributed by atoms with Gasteiger partial charge in [-0.3, -0.25) is 0 Å². The van der Waals surface area contributed by atoms with Gasteiger partial charge >= 0.3 is 0 Å². The maximum atomic E-state index is 9.35. The Kier molecular flexibility index (Phi) is 2.37. The normalized spacial score (nSPS) is 38.6. The van der Waals surface area contributed by atoms with Crippen LogP contribution < -0.4 is 0 Å². The van der Waals surface area contributed by atoms with E-state index in [-0.39, 0.29) is 17.8 Å². The summed E-state index contributed by atoms with van der Waals surface area (Å²) in [4.78, 5) is 0. The number of fused-ring (bicyclic) bond motifs is 2. The van der Waals surface area contributed by atoms with Crippen LogP contribution in [0.1, 0.15) is 24.3 Å². The lowest BCUT2D eigenvalue weighted by Crippen LogP contribution is -2.25. The van der Waals surface area contributed by atoms with E-state index in [0.29, 0.717) is 11.8 Å². The molecule has 2 aliphatic carbocycles. The lowest BCUT2D eigenvalue weighted by atomic mass is 9.72. The van der Waals surface area contributed by atoms with Crippen LogP contribution in [0.15, 0.2) is 30.3 Å². The molecule has 0 saturated heterocycles. The second-order valence-corrected chi connectivity index (χ2v) is 5.22. The minimum Gasteiger partial charge on any atom is -0.198 e. The van der Waals surface area contributed by atoms with Gasteiger partial charge in [-0.1, -0.05) is 30.3 Å². The van der Waals surface area contributed by atoms with Gasteiger partial charge in [0.25, 0.3) is 0 Å². The molecule has 0 spiro atoms. The molecule has 2 nitrogen and oxygen atoms in total. The van der Waals surface area contributed by atoms with Gasteiger partial charge in [0.1, 0.15) is 0 Å². The highest BCUT2D eigenvalue weighted by molar-refractivity contribution is 5.29. The van der Waals surface area contributed by atoms with E-state index in [1.807, 2.05) is 18.2 Å². The van der Waals surface area contributed by atoms with E-state index >= 15 is 0 Å². The molecule has 1 aromatic carbocycles. The van der Waals surface area contributed by atoms with Crippen LogP contribution in [0.2, 0.25) is 0 Å². The Morgan fingerprint density at radius 1 is 1.00 bits per heavy atom. The van der Waals surface area contributed by atoms with Crippen LogP contribution in [0.4, 0.5) is 0 Å². The van der Waals surface area contributed by atoms with Crippen LogP contribution in [-0.2, 0) is 0 Å². The molecular formula is C15H14N2. The van der Waals surface area contributed by atoms with E-state index in [4.69, 9.17) is 0 Å². The Morgan fingerprint density at radius 2 is 1.76 bits per heavy atom. The molecule has 5 atom stereocenters. The molecule has 0 heterocycles. The van der Waals surface area contributed by atoms with E-state index < -0.39 is 0 Å². The predicted octanol–water partition coefficient (Wildman–Crippen LogP) is 3.09. The summed E-state index contributed by atoms with van der Waals surface area (Å²) in [6, 6.07) is 15.2. The number of hydrogen-bond acceptors (Lipinski definition) is 2. The SMILES string of the molecule is N#CC1CC2CC1C(c1ccccc1)C2C#N. The van der Waals surface area contributed by atoms with Crippen LogP contribution >= 0.6 is 0 Å². The summed E-state index contributed by atoms with van der Waals surface area (Å²) >= 11 is 0. The van der Waals surface area contributed by atoms with Crippen molar-refractivity contribution in [2.75, 3.05) is 0 Å². The fraction of sp³-hybridized carbons (Fsp3) is 0.467. The lowest BCUT2D eigenvalue weighted by Gasteiger charge is -2.29. The van der Waals surface area contributed by atoms with E-state index in [1.165, 1.54) is 5.56 Å². The average molecular weight is 222 g/mol. The Hall–Kier alpha value is -1.80. The summed E-state index contributed by atoms with van der Waals surface area (Å²) in [5.74, 6) is 1.41. The fourth-order valence-electron chi connectivity index (χ4n) is 3.82. The van der Waals surface area contributed by atoms with Crippen molar-refractivity contribution in [2.45, 2.75) is 18.8 Å². The molecule has 1 aromatic rings. The van der Waals surface area contributed by atoms with Crippen molar-refractivity contribution in [3.05, 3.63) is 35.9 Å². The topological polar surface area (TPSA) is 47.6 Å². The Bertz CT molecular complexity index is 494. The van der Waals surface area contributed by atoms with Gasteiger partial charge in [0.05, 0.1) is 24.0 Å². The number of benzene rings is 1. The molecule has 84 valence electrons. The quantitative estimate of drug-likeness (QED) is 0.733. The molecule has 0 N–H and O–H groups in total. The Balaban J connectivity index is 1.98. The zero-order valence-corrected chi connectivity index (χ0v) is 9.58. The van der Waals surface area contributed by atoms with Crippen molar-refractivity contribution in [3.63, 3.8) is 0 Å². The minimum absolute atomic E-state index is 0.118. The largest absolute Gasteiger partial charge is 0.198 e. The molecule has 17 heavy (non-hydrogen) atoms. The molecule has 2 aliphatic rings. The highest BCUT2D eigenvalue weighted by atomic mass is 14.6. The molecule has 2 fully saturated rings. The maximum absolute atomic E-state index is 9.35. The Morgan fingerprint density at radius 3 is 2.41 bits per heavy atom. The highest BCUT2D eigenvalue weighted by Gasteiger charge is 2.53. The monoisotopic (exact) mass is 222 g/mol. The third-order valence-electron chi connectivity index (χ3n) is 4.50. The summed E-state index contributed by atoms with van der Waals surface area (Å²) in [6.45, 7) is 0. The Labute approximate surface area is 101 Å². The van der Waals surface area contributed by atoms with E-state index in [2.05, 4.69) is 24.3 Å². The predicted molar refractivity (Wildman–Crippen MR) is 63.6 cm³/mol. The van der Waals surface area contributed by atoms with Crippen LogP contribution in [-0.4, -0.2) is 0 Å². The van der Waals surface area contributed by atoms with Gasteiger partial charge in [-0.25, -0.2) is 0 Å². The first kappa shape index (κ1) is 10.4. The number of rotatable bonds is 1. The maximum Gasteiger partial charge on any atom is 0.0665 e. The zero-order chi connectivity index (χ0) is 11.8. The first-order valence-corrected chi connectivity index (χ1v) is 6.19. The zero-order valence-electron chi connectivity index (χ0n) is 9.58.